The number of carbonyl (C=O) groups is 3. The Morgan fingerprint density at radius 1 is 0.800 bits per heavy atom. The largest absolute Gasteiger partial charge is 0.479 e. The second kappa shape index (κ2) is 12.6. The highest BCUT2D eigenvalue weighted by Gasteiger charge is 2.21. The fraction of sp³-hybridized carbons (Fsp3) is 0.250. The van der Waals surface area contributed by atoms with Gasteiger partial charge in [0.1, 0.15) is 0 Å². The molecule has 2 unspecified atom stereocenters. The van der Waals surface area contributed by atoms with E-state index in [1.54, 1.807) is 42.5 Å². The molecule has 0 aliphatic carbocycles. The lowest BCUT2D eigenvalue weighted by Crippen LogP contribution is -2.30. The van der Waals surface area contributed by atoms with Crippen LogP contribution in [-0.4, -0.2) is 54.1 Å². The molecule has 6 N–H and O–H groups in total. The number of halogens is 1. The number of rotatable bonds is 5. The van der Waals surface area contributed by atoms with E-state index in [1.807, 2.05) is 0 Å². The number of carboxylic acids is 3. The normalized spacial score (nSPS) is 12.2. The highest BCUT2D eigenvalue weighted by Crippen LogP contribution is 2.17. The molecule has 0 aliphatic heterocycles. The number of aliphatic hydroxyl groups excluding tert-OH is 2. The highest BCUT2D eigenvalue weighted by atomic mass is 35.5. The van der Waals surface area contributed by atoms with Gasteiger partial charge in [-0.1, -0.05) is 54.1 Å². The summed E-state index contributed by atoms with van der Waals surface area (Å²) in [6.07, 6.45) is -2.90. The van der Waals surface area contributed by atoms with Crippen molar-refractivity contribution >= 4 is 29.5 Å². The summed E-state index contributed by atoms with van der Waals surface area (Å²) in [5.74, 6) is -3.71. The standard InChI is InChI=1S/C8H7ClO3.C8H8O3.C4H8O3/c9-6-3-1-2-5(4-6)7(10)8(11)12;9-7(8(10)11)6-4-2-1-3-5-6;1-4(2,7)3(5)6/h1-4,7,10H,(H,11,12);1-5,7,9H,(H,10,11);7H,1-2H3,(H,5,6). The van der Waals surface area contributed by atoms with E-state index >= 15 is 0 Å². The topological polar surface area (TPSA) is 173 Å². The second-order valence-corrected chi connectivity index (χ2v) is 6.75. The Morgan fingerprint density at radius 2 is 1.20 bits per heavy atom. The molecular weight excluding hydrogens is 420 g/mol. The first-order valence-electron chi connectivity index (χ1n) is 8.35. The number of hydrogen-bond acceptors (Lipinski definition) is 6. The summed E-state index contributed by atoms with van der Waals surface area (Å²) < 4.78 is 0. The van der Waals surface area contributed by atoms with Crippen molar-refractivity contribution in [2.75, 3.05) is 0 Å². The van der Waals surface area contributed by atoms with Gasteiger partial charge in [-0.15, -0.1) is 0 Å². The van der Waals surface area contributed by atoms with Gasteiger partial charge in [0.05, 0.1) is 0 Å². The van der Waals surface area contributed by atoms with Gasteiger partial charge in [-0.3, -0.25) is 0 Å². The van der Waals surface area contributed by atoms with Crippen molar-refractivity contribution in [3.63, 3.8) is 0 Å². The van der Waals surface area contributed by atoms with Crippen LogP contribution in [0.2, 0.25) is 5.02 Å². The van der Waals surface area contributed by atoms with Crippen molar-refractivity contribution in [1.82, 2.24) is 0 Å². The molecule has 0 heterocycles. The molecule has 0 saturated carbocycles. The van der Waals surface area contributed by atoms with E-state index < -0.39 is 35.7 Å². The number of hydrogen-bond donors (Lipinski definition) is 6. The zero-order chi connectivity index (χ0) is 23.5. The van der Waals surface area contributed by atoms with Gasteiger partial charge < -0.3 is 30.6 Å². The van der Waals surface area contributed by atoms with E-state index in [2.05, 4.69) is 0 Å². The predicted octanol–water partition coefficient (Wildman–Crippen LogP) is 2.10. The Kier molecular flexibility index (Phi) is 11.3. The molecule has 0 radical (unpaired) electrons. The molecule has 0 spiro atoms. The first-order valence-corrected chi connectivity index (χ1v) is 8.73. The fourth-order valence-corrected chi connectivity index (χ4v) is 1.80. The summed E-state index contributed by atoms with van der Waals surface area (Å²) in [7, 11) is 0. The first-order chi connectivity index (χ1) is 13.8. The number of benzene rings is 2. The Labute approximate surface area is 177 Å². The molecule has 2 atom stereocenters. The second-order valence-electron chi connectivity index (χ2n) is 6.31. The van der Waals surface area contributed by atoms with Gasteiger partial charge in [0.15, 0.2) is 17.8 Å². The number of aliphatic hydroxyl groups is 3. The van der Waals surface area contributed by atoms with Gasteiger partial charge >= 0.3 is 17.9 Å². The van der Waals surface area contributed by atoms with Crippen molar-refractivity contribution in [1.29, 1.82) is 0 Å². The molecule has 0 aromatic heterocycles. The van der Waals surface area contributed by atoms with E-state index in [9.17, 15) is 14.4 Å². The van der Waals surface area contributed by atoms with Crippen LogP contribution in [0.1, 0.15) is 37.2 Å². The van der Waals surface area contributed by atoms with E-state index in [-0.39, 0.29) is 5.56 Å². The van der Waals surface area contributed by atoms with Crippen LogP contribution in [0.3, 0.4) is 0 Å². The van der Waals surface area contributed by atoms with Gasteiger partial charge in [-0.2, -0.15) is 0 Å². The smallest absolute Gasteiger partial charge is 0.337 e. The minimum atomic E-state index is -1.58. The lowest BCUT2D eigenvalue weighted by Gasteiger charge is -2.07. The quantitative estimate of drug-likeness (QED) is 0.405. The highest BCUT2D eigenvalue weighted by molar-refractivity contribution is 6.30. The summed E-state index contributed by atoms with van der Waals surface area (Å²) in [6.45, 7) is 2.44. The average Bonchev–Trinajstić information content (AvgIpc) is 2.67. The van der Waals surface area contributed by atoms with E-state index in [0.29, 0.717) is 10.6 Å². The van der Waals surface area contributed by atoms with Crippen molar-refractivity contribution in [3.05, 3.63) is 70.7 Å². The van der Waals surface area contributed by atoms with Crippen molar-refractivity contribution in [2.24, 2.45) is 0 Å². The Morgan fingerprint density at radius 3 is 1.57 bits per heavy atom. The van der Waals surface area contributed by atoms with Gasteiger partial charge in [0.25, 0.3) is 0 Å². The van der Waals surface area contributed by atoms with Crippen LogP contribution in [0.5, 0.6) is 0 Å². The molecule has 30 heavy (non-hydrogen) atoms. The van der Waals surface area contributed by atoms with Gasteiger partial charge in [0.2, 0.25) is 0 Å². The minimum Gasteiger partial charge on any atom is -0.479 e. The molecule has 2 aromatic carbocycles. The van der Waals surface area contributed by atoms with Crippen LogP contribution in [-0.2, 0) is 14.4 Å². The SMILES string of the molecule is CC(C)(O)C(=O)O.O=C(O)C(O)c1cccc(Cl)c1.O=C(O)C(O)c1ccccc1. The molecule has 0 aliphatic rings. The molecule has 10 heteroatoms. The van der Waals surface area contributed by atoms with Crippen LogP contribution in [0.4, 0.5) is 0 Å². The summed E-state index contributed by atoms with van der Waals surface area (Å²) in [5.41, 5.74) is -0.894. The van der Waals surface area contributed by atoms with Gasteiger partial charge in [0, 0.05) is 5.02 Å². The summed E-state index contributed by atoms with van der Waals surface area (Å²) in [4.78, 5) is 30.3. The third-order valence-electron chi connectivity index (χ3n) is 3.27. The molecule has 0 fully saturated rings. The molecule has 164 valence electrons. The number of aliphatic carboxylic acids is 3. The molecule has 0 bridgehead atoms. The van der Waals surface area contributed by atoms with Crippen molar-refractivity contribution in [2.45, 2.75) is 31.7 Å². The lowest BCUT2D eigenvalue weighted by atomic mass is 10.1. The third kappa shape index (κ3) is 10.5. The first kappa shape index (κ1) is 27.0. The van der Waals surface area contributed by atoms with E-state index in [1.165, 1.54) is 26.0 Å². The van der Waals surface area contributed by atoms with Crippen LogP contribution < -0.4 is 0 Å². The zero-order valence-corrected chi connectivity index (χ0v) is 16.9. The number of carboxylic acid groups (broad SMARTS) is 3. The maximum atomic E-state index is 10.3. The van der Waals surface area contributed by atoms with E-state index in [0.717, 1.165) is 0 Å². The van der Waals surface area contributed by atoms with Gasteiger partial charge in [-0.05, 0) is 37.1 Å². The monoisotopic (exact) mass is 442 g/mol. The summed E-state index contributed by atoms with van der Waals surface area (Å²) in [6, 6.07) is 14.4. The van der Waals surface area contributed by atoms with Crippen LogP contribution in [0, 0.1) is 0 Å². The van der Waals surface area contributed by atoms with Crippen LogP contribution >= 0.6 is 11.6 Å². The van der Waals surface area contributed by atoms with Crippen LogP contribution in [0.25, 0.3) is 0 Å². The minimum absolute atomic E-state index is 0.287. The Bertz CT molecular complexity index is 832. The molecule has 0 amide bonds. The van der Waals surface area contributed by atoms with Crippen molar-refractivity contribution in [3.8, 4) is 0 Å². The average molecular weight is 443 g/mol. The van der Waals surface area contributed by atoms with Gasteiger partial charge in [-0.25, -0.2) is 14.4 Å². The molecular formula is C20H23ClO9. The fourth-order valence-electron chi connectivity index (χ4n) is 1.60. The Balaban J connectivity index is 0.000000437. The molecule has 0 saturated heterocycles. The van der Waals surface area contributed by atoms with Crippen LogP contribution in [0.15, 0.2) is 54.6 Å². The Hall–Kier alpha value is -2.98. The molecule has 2 aromatic rings. The maximum Gasteiger partial charge on any atom is 0.337 e. The van der Waals surface area contributed by atoms with Crippen molar-refractivity contribution < 1.29 is 45.0 Å². The molecule has 9 nitrogen and oxygen atoms in total. The summed E-state index contributed by atoms with van der Waals surface area (Å²) >= 11 is 5.59. The third-order valence-corrected chi connectivity index (χ3v) is 3.51. The lowest BCUT2D eigenvalue weighted by molar-refractivity contribution is -0.154. The predicted molar refractivity (Wildman–Crippen MR) is 107 cm³/mol. The molecule has 2 rings (SSSR count). The van der Waals surface area contributed by atoms with E-state index in [4.69, 9.17) is 42.2 Å². The maximum absolute atomic E-state index is 10.3. The zero-order valence-electron chi connectivity index (χ0n) is 16.1. The summed E-state index contributed by atoms with van der Waals surface area (Å²) in [5, 5.41) is 51.8.